The number of hydrogen-bond donors (Lipinski definition) is 0. The standard InChI is InChI=1S/C16H24N2O2/c1-3-13-12-19-16-14(6-5-7-15(16)20-13)18-10-8-17(4-2)9-11-18/h5-7,13H,3-4,8-12H2,1-2H3. The molecule has 0 aliphatic carbocycles. The van der Waals surface area contributed by atoms with Crippen LogP contribution in [0.4, 0.5) is 5.69 Å². The summed E-state index contributed by atoms with van der Waals surface area (Å²) in [4.78, 5) is 4.90. The van der Waals surface area contributed by atoms with Gasteiger partial charge in [0, 0.05) is 26.2 Å². The summed E-state index contributed by atoms with van der Waals surface area (Å²) in [6.45, 7) is 10.5. The summed E-state index contributed by atoms with van der Waals surface area (Å²) in [5, 5.41) is 0. The van der Waals surface area contributed by atoms with Gasteiger partial charge < -0.3 is 19.3 Å². The summed E-state index contributed by atoms with van der Waals surface area (Å²) < 4.78 is 12.0. The number of ether oxygens (including phenoxy) is 2. The van der Waals surface area contributed by atoms with Crippen LogP contribution >= 0.6 is 0 Å². The van der Waals surface area contributed by atoms with Crippen molar-refractivity contribution < 1.29 is 9.47 Å². The summed E-state index contributed by atoms with van der Waals surface area (Å²) in [6.07, 6.45) is 1.17. The normalized spacial score (nSPS) is 22.9. The van der Waals surface area contributed by atoms with Crippen LogP contribution in [0.15, 0.2) is 18.2 Å². The van der Waals surface area contributed by atoms with Gasteiger partial charge in [0.2, 0.25) is 0 Å². The lowest BCUT2D eigenvalue weighted by Crippen LogP contribution is -2.46. The molecular formula is C16H24N2O2. The fourth-order valence-corrected chi connectivity index (χ4v) is 2.89. The monoisotopic (exact) mass is 276 g/mol. The molecule has 1 aromatic rings. The Morgan fingerprint density at radius 3 is 2.65 bits per heavy atom. The van der Waals surface area contributed by atoms with E-state index in [1.165, 1.54) is 5.69 Å². The second-order valence-electron chi connectivity index (χ2n) is 5.48. The van der Waals surface area contributed by atoms with Crippen LogP contribution in [0.5, 0.6) is 11.5 Å². The molecule has 4 heteroatoms. The number of anilines is 1. The molecule has 1 saturated heterocycles. The lowest BCUT2D eigenvalue weighted by molar-refractivity contribution is 0.0887. The molecule has 0 saturated carbocycles. The predicted molar refractivity (Wildman–Crippen MR) is 81.0 cm³/mol. The van der Waals surface area contributed by atoms with Crippen molar-refractivity contribution in [3.05, 3.63) is 18.2 Å². The first-order valence-corrected chi connectivity index (χ1v) is 7.71. The minimum atomic E-state index is 0.190. The quantitative estimate of drug-likeness (QED) is 0.846. The molecule has 1 aromatic carbocycles. The van der Waals surface area contributed by atoms with Crippen molar-refractivity contribution in [2.75, 3.05) is 44.2 Å². The number of rotatable bonds is 3. The van der Waals surface area contributed by atoms with Gasteiger partial charge in [0.15, 0.2) is 11.5 Å². The molecule has 110 valence electrons. The summed E-state index contributed by atoms with van der Waals surface area (Å²) in [7, 11) is 0. The van der Waals surface area contributed by atoms with Crippen molar-refractivity contribution in [1.29, 1.82) is 0 Å². The summed E-state index contributed by atoms with van der Waals surface area (Å²) >= 11 is 0. The first-order valence-electron chi connectivity index (χ1n) is 7.71. The molecule has 1 atom stereocenters. The van der Waals surface area contributed by atoms with E-state index in [4.69, 9.17) is 9.47 Å². The van der Waals surface area contributed by atoms with Crippen LogP contribution in [0.25, 0.3) is 0 Å². The van der Waals surface area contributed by atoms with Crippen molar-refractivity contribution in [2.45, 2.75) is 26.4 Å². The van der Waals surface area contributed by atoms with Gasteiger partial charge in [-0.25, -0.2) is 0 Å². The Labute approximate surface area is 121 Å². The van der Waals surface area contributed by atoms with Crippen molar-refractivity contribution in [3.8, 4) is 11.5 Å². The smallest absolute Gasteiger partial charge is 0.184 e. The number of hydrogen-bond acceptors (Lipinski definition) is 4. The molecule has 3 rings (SSSR count). The lowest BCUT2D eigenvalue weighted by atomic mass is 10.2. The van der Waals surface area contributed by atoms with E-state index in [-0.39, 0.29) is 6.10 Å². The minimum absolute atomic E-state index is 0.190. The van der Waals surface area contributed by atoms with Gasteiger partial charge in [-0.3, -0.25) is 0 Å². The fourth-order valence-electron chi connectivity index (χ4n) is 2.89. The number of nitrogens with zero attached hydrogens (tertiary/aromatic N) is 2. The second-order valence-corrected chi connectivity index (χ2v) is 5.48. The number of piperazine rings is 1. The van der Waals surface area contributed by atoms with Crippen LogP contribution in [0, 0.1) is 0 Å². The topological polar surface area (TPSA) is 24.9 Å². The maximum atomic E-state index is 5.99. The van der Waals surface area contributed by atoms with Crippen LogP contribution in [-0.2, 0) is 0 Å². The average Bonchev–Trinajstić information content (AvgIpc) is 2.54. The SMILES string of the molecule is CCC1COc2c(cccc2N2CCN(CC)CC2)O1. The van der Waals surface area contributed by atoms with Gasteiger partial charge in [0.25, 0.3) is 0 Å². The van der Waals surface area contributed by atoms with Gasteiger partial charge in [-0.2, -0.15) is 0 Å². The number of para-hydroxylation sites is 1. The number of fused-ring (bicyclic) bond motifs is 1. The lowest BCUT2D eigenvalue weighted by Gasteiger charge is -2.37. The largest absolute Gasteiger partial charge is 0.484 e. The minimum Gasteiger partial charge on any atom is -0.484 e. The highest BCUT2D eigenvalue weighted by molar-refractivity contribution is 5.65. The van der Waals surface area contributed by atoms with E-state index in [2.05, 4.69) is 35.8 Å². The molecule has 0 bridgehead atoms. The van der Waals surface area contributed by atoms with E-state index in [1.54, 1.807) is 0 Å². The van der Waals surface area contributed by atoms with E-state index >= 15 is 0 Å². The zero-order valence-electron chi connectivity index (χ0n) is 12.5. The van der Waals surface area contributed by atoms with Crippen molar-refractivity contribution in [2.24, 2.45) is 0 Å². The molecule has 1 unspecified atom stereocenters. The zero-order chi connectivity index (χ0) is 13.9. The second kappa shape index (κ2) is 5.92. The van der Waals surface area contributed by atoms with Crippen molar-refractivity contribution >= 4 is 5.69 Å². The molecule has 20 heavy (non-hydrogen) atoms. The molecule has 4 nitrogen and oxygen atoms in total. The third-order valence-electron chi connectivity index (χ3n) is 4.28. The fraction of sp³-hybridized carbons (Fsp3) is 0.625. The maximum Gasteiger partial charge on any atom is 0.184 e. The molecule has 2 aliphatic rings. The highest BCUT2D eigenvalue weighted by Gasteiger charge is 2.25. The molecular weight excluding hydrogens is 252 g/mol. The molecule has 2 aliphatic heterocycles. The van der Waals surface area contributed by atoms with Gasteiger partial charge in [-0.1, -0.05) is 19.9 Å². The Balaban J connectivity index is 1.78. The van der Waals surface area contributed by atoms with Crippen LogP contribution in [0.1, 0.15) is 20.3 Å². The van der Waals surface area contributed by atoms with Crippen molar-refractivity contribution in [3.63, 3.8) is 0 Å². The Kier molecular flexibility index (Phi) is 4.01. The van der Waals surface area contributed by atoms with Gasteiger partial charge in [0.1, 0.15) is 12.7 Å². The van der Waals surface area contributed by atoms with E-state index in [9.17, 15) is 0 Å². The van der Waals surface area contributed by atoms with Gasteiger partial charge in [-0.15, -0.1) is 0 Å². The maximum absolute atomic E-state index is 5.99. The van der Waals surface area contributed by atoms with Crippen LogP contribution < -0.4 is 14.4 Å². The van der Waals surface area contributed by atoms with E-state index in [1.807, 2.05) is 6.07 Å². The van der Waals surface area contributed by atoms with Gasteiger partial charge >= 0.3 is 0 Å². The molecule has 0 radical (unpaired) electrons. The first-order chi connectivity index (χ1) is 9.81. The predicted octanol–water partition coefficient (Wildman–Crippen LogP) is 2.38. The van der Waals surface area contributed by atoms with Crippen molar-refractivity contribution in [1.82, 2.24) is 4.90 Å². The third kappa shape index (κ3) is 2.57. The van der Waals surface area contributed by atoms with E-state index < -0.39 is 0 Å². The molecule has 0 amide bonds. The Morgan fingerprint density at radius 2 is 1.95 bits per heavy atom. The van der Waals surface area contributed by atoms with Crippen LogP contribution in [0.2, 0.25) is 0 Å². The van der Waals surface area contributed by atoms with Crippen LogP contribution in [-0.4, -0.2) is 50.3 Å². The van der Waals surface area contributed by atoms with Gasteiger partial charge in [-0.05, 0) is 25.1 Å². The van der Waals surface area contributed by atoms with E-state index in [0.29, 0.717) is 6.61 Å². The average molecular weight is 276 g/mol. The van der Waals surface area contributed by atoms with E-state index in [0.717, 1.165) is 50.6 Å². The Morgan fingerprint density at radius 1 is 1.15 bits per heavy atom. The molecule has 0 N–H and O–H groups in total. The number of likely N-dealkylation sites (N-methyl/N-ethyl adjacent to an activating group) is 1. The third-order valence-corrected chi connectivity index (χ3v) is 4.28. The molecule has 2 heterocycles. The van der Waals surface area contributed by atoms with Gasteiger partial charge in [0.05, 0.1) is 5.69 Å². The Hall–Kier alpha value is -1.42. The highest BCUT2D eigenvalue weighted by Crippen LogP contribution is 2.41. The summed E-state index contributed by atoms with van der Waals surface area (Å²) in [5.41, 5.74) is 1.19. The number of benzene rings is 1. The summed E-state index contributed by atoms with van der Waals surface area (Å²) in [6, 6.07) is 6.24. The van der Waals surface area contributed by atoms with Crippen LogP contribution in [0.3, 0.4) is 0 Å². The molecule has 0 aromatic heterocycles. The molecule has 0 spiro atoms. The first kappa shape index (κ1) is 13.6. The molecule has 1 fully saturated rings. The zero-order valence-corrected chi connectivity index (χ0v) is 12.5. The summed E-state index contributed by atoms with van der Waals surface area (Å²) in [5.74, 6) is 1.83. The Bertz CT molecular complexity index is 456. The highest BCUT2D eigenvalue weighted by atomic mass is 16.6.